The second-order valence-corrected chi connectivity index (χ2v) is 6.90. The van der Waals surface area contributed by atoms with Gasteiger partial charge in [0, 0.05) is 19.2 Å². The predicted octanol–water partition coefficient (Wildman–Crippen LogP) is 3.96. The first kappa shape index (κ1) is 22.3. The zero-order valence-corrected chi connectivity index (χ0v) is 17.7. The molecule has 1 N–H and O–H groups in total. The maximum Gasteiger partial charge on any atom is 0.243 e. The van der Waals surface area contributed by atoms with Gasteiger partial charge in [-0.05, 0) is 50.5 Å². The molecule has 0 fully saturated rings. The average Bonchev–Trinajstić information content (AvgIpc) is 2.69. The molecule has 0 saturated carbocycles. The highest BCUT2D eigenvalue weighted by atomic mass is 16.5. The van der Waals surface area contributed by atoms with E-state index in [0.717, 1.165) is 16.8 Å². The lowest BCUT2D eigenvalue weighted by atomic mass is 10.1. The molecule has 0 spiro atoms. The lowest BCUT2D eigenvalue weighted by molar-refractivity contribution is -0.133. The highest BCUT2D eigenvalue weighted by Crippen LogP contribution is 2.26. The minimum Gasteiger partial charge on any atom is -0.490 e. The molecule has 156 valence electrons. The molecule has 2 amide bonds. The molecule has 0 heterocycles. The van der Waals surface area contributed by atoms with Gasteiger partial charge in [-0.3, -0.25) is 9.59 Å². The molecular weight excluding hydrogens is 368 g/mol. The van der Waals surface area contributed by atoms with E-state index in [1.165, 1.54) is 4.90 Å². The Kier molecular flexibility index (Phi) is 8.52. The van der Waals surface area contributed by atoms with Crippen LogP contribution in [0.2, 0.25) is 0 Å². The zero-order chi connectivity index (χ0) is 21.2. The van der Waals surface area contributed by atoms with Crippen LogP contribution in [0.15, 0.2) is 42.5 Å². The van der Waals surface area contributed by atoms with Crippen molar-refractivity contribution in [3.8, 4) is 11.5 Å². The summed E-state index contributed by atoms with van der Waals surface area (Å²) >= 11 is 0. The Bertz CT molecular complexity index is 815. The Hall–Kier alpha value is -3.02. The summed E-state index contributed by atoms with van der Waals surface area (Å²) in [6.45, 7) is 6.79. The number of anilines is 1. The number of nitrogens with zero attached hydrogens (tertiary/aromatic N) is 1. The molecular formula is C23H30N2O4. The number of hydrogen-bond donors (Lipinski definition) is 1. The number of amides is 2. The van der Waals surface area contributed by atoms with Crippen molar-refractivity contribution < 1.29 is 19.1 Å². The molecule has 2 rings (SSSR count). The Morgan fingerprint density at radius 2 is 1.59 bits per heavy atom. The Morgan fingerprint density at radius 3 is 2.21 bits per heavy atom. The van der Waals surface area contributed by atoms with Gasteiger partial charge in [-0.25, -0.2) is 0 Å². The molecule has 0 aliphatic carbocycles. The monoisotopic (exact) mass is 398 g/mol. The van der Waals surface area contributed by atoms with Gasteiger partial charge < -0.3 is 19.7 Å². The van der Waals surface area contributed by atoms with Crippen molar-refractivity contribution in [1.29, 1.82) is 0 Å². The number of likely N-dealkylation sites (N-methyl/N-ethyl adjacent to an activating group) is 1. The van der Waals surface area contributed by atoms with Crippen LogP contribution in [0.25, 0.3) is 0 Å². The van der Waals surface area contributed by atoms with E-state index in [1.807, 2.05) is 63.2 Å². The van der Waals surface area contributed by atoms with Gasteiger partial charge in [-0.15, -0.1) is 0 Å². The second-order valence-electron chi connectivity index (χ2n) is 6.90. The topological polar surface area (TPSA) is 67.9 Å². The van der Waals surface area contributed by atoms with E-state index in [2.05, 4.69) is 5.32 Å². The van der Waals surface area contributed by atoms with E-state index in [0.29, 0.717) is 37.6 Å². The normalized spacial score (nSPS) is 10.3. The van der Waals surface area contributed by atoms with Crippen molar-refractivity contribution in [3.63, 3.8) is 0 Å². The van der Waals surface area contributed by atoms with Crippen molar-refractivity contribution in [2.45, 2.75) is 33.6 Å². The van der Waals surface area contributed by atoms with E-state index in [1.54, 1.807) is 7.05 Å². The van der Waals surface area contributed by atoms with Crippen molar-refractivity contribution in [3.05, 3.63) is 53.6 Å². The molecule has 2 aromatic carbocycles. The minimum absolute atomic E-state index is 0.0145. The predicted molar refractivity (Wildman–Crippen MR) is 115 cm³/mol. The molecule has 2 aromatic rings. The summed E-state index contributed by atoms with van der Waals surface area (Å²) in [4.78, 5) is 26.1. The first-order valence-corrected chi connectivity index (χ1v) is 9.87. The molecule has 6 heteroatoms. The van der Waals surface area contributed by atoms with Crippen LogP contribution >= 0.6 is 0 Å². The Balaban J connectivity index is 1.76. The molecule has 0 unspecified atom stereocenters. The molecule has 0 radical (unpaired) electrons. The second kappa shape index (κ2) is 11.1. The van der Waals surface area contributed by atoms with Crippen LogP contribution in [-0.4, -0.2) is 43.5 Å². The first-order valence-electron chi connectivity index (χ1n) is 9.87. The summed E-state index contributed by atoms with van der Waals surface area (Å²) in [5.41, 5.74) is 2.80. The molecule has 0 aliphatic rings. The number of carbonyl (C=O) groups is 2. The van der Waals surface area contributed by atoms with Crippen LogP contribution in [0.3, 0.4) is 0 Å². The summed E-state index contributed by atoms with van der Waals surface area (Å²) < 4.78 is 11.2. The molecule has 29 heavy (non-hydrogen) atoms. The van der Waals surface area contributed by atoms with Crippen molar-refractivity contribution in [1.82, 2.24) is 4.90 Å². The largest absolute Gasteiger partial charge is 0.490 e. The summed E-state index contributed by atoms with van der Waals surface area (Å²) in [6, 6.07) is 13.3. The SMILES string of the molecule is CCOc1ccccc1OCCCC(=O)N(C)CC(=O)Nc1c(C)cccc1C. The zero-order valence-electron chi connectivity index (χ0n) is 17.7. The standard InChI is InChI=1S/C23H30N2O4/c1-5-28-19-12-6-7-13-20(19)29-15-9-14-22(27)25(4)16-21(26)24-23-17(2)10-8-11-18(23)3/h6-8,10-13H,5,9,14-16H2,1-4H3,(H,24,26). The van der Waals surface area contributed by atoms with Crippen LogP contribution in [0.1, 0.15) is 30.9 Å². The molecule has 0 aliphatic heterocycles. The number of hydrogen-bond acceptors (Lipinski definition) is 4. The fourth-order valence-corrected chi connectivity index (χ4v) is 2.93. The first-order chi connectivity index (χ1) is 13.9. The van der Waals surface area contributed by atoms with E-state index in [-0.39, 0.29) is 18.4 Å². The third-order valence-electron chi connectivity index (χ3n) is 4.49. The smallest absolute Gasteiger partial charge is 0.243 e. The maximum absolute atomic E-state index is 12.3. The van der Waals surface area contributed by atoms with Gasteiger partial charge in [0.2, 0.25) is 11.8 Å². The van der Waals surface area contributed by atoms with Crippen LogP contribution in [0, 0.1) is 13.8 Å². The molecule has 0 aromatic heterocycles. The number of ether oxygens (including phenoxy) is 2. The van der Waals surface area contributed by atoms with E-state index < -0.39 is 0 Å². The van der Waals surface area contributed by atoms with Crippen molar-refractivity contribution in [2.24, 2.45) is 0 Å². The fraction of sp³-hybridized carbons (Fsp3) is 0.391. The number of aryl methyl sites for hydroxylation is 2. The lowest BCUT2D eigenvalue weighted by Crippen LogP contribution is -2.35. The summed E-state index contributed by atoms with van der Waals surface area (Å²) in [5, 5.41) is 2.90. The number of para-hydroxylation sites is 3. The van der Waals surface area contributed by atoms with Crippen LogP contribution < -0.4 is 14.8 Å². The van der Waals surface area contributed by atoms with E-state index >= 15 is 0 Å². The van der Waals surface area contributed by atoms with Crippen LogP contribution in [0.5, 0.6) is 11.5 Å². The molecule has 0 saturated heterocycles. The van der Waals surface area contributed by atoms with Gasteiger partial charge in [0.05, 0.1) is 19.8 Å². The highest BCUT2D eigenvalue weighted by molar-refractivity contribution is 5.95. The van der Waals surface area contributed by atoms with Gasteiger partial charge in [-0.1, -0.05) is 30.3 Å². The van der Waals surface area contributed by atoms with Crippen molar-refractivity contribution in [2.75, 3.05) is 32.1 Å². The molecule has 0 bridgehead atoms. The van der Waals surface area contributed by atoms with Gasteiger partial charge in [0.1, 0.15) is 0 Å². The maximum atomic E-state index is 12.3. The van der Waals surface area contributed by atoms with Crippen LogP contribution in [-0.2, 0) is 9.59 Å². The Morgan fingerprint density at radius 1 is 0.966 bits per heavy atom. The number of nitrogens with one attached hydrogen (secondary N) is 1. The minimum atomic E-state index is -0.208. The summed E-state index contributed by atoms with van der Waals surface area (Å²) in [7, 11) is 1.64. The van der Waals surface area contributed by atoms with Crippen LogP contribution in [0.4, 0.5) is 5.69 Å². The number of rotatable bonds is 10. The van der Waals surface area contributed by atoms with Crippen molar-refractivity contribution >= 4 is 17.5 Å². The lowest BCUT2D eigenvalue weighted by Gasteiger charge is -2.18. The fourth-order valence-electron chi connectivity index (χ4n) is 2.93. The van der Waals surface area contributed by atoms with Gasteiger partial charge in [0.15, 0.2) is 11.5 Å². The number of benzene rings is 2. The molecule has 0 atom stereocenters. The summed E-state index contributed by atoms with van der Waals surface area (Å²) in [5.74, 6) is 1.06. The summed E-state index contributed by atoms with van der Waals surface area (Å²) in [6.07, 6.45) is 0.867. The highest BCUT2D eigenvalue weighted by Gasteiger charge is 2.14. The Labute approximate surface area is 172 Å². The number of carbonyl (C=O) groups excluding carboxylic acids is 2. The third kappa shape index (κ3) is 6.82. The van der Waals surface area contributed by atoms with E-state index in [9.17, 15) is 9.59 Å². The van der Waals surface area contributed by atoms with Gasteiger partial charge in [0.25, 0.3) is 0 Å². The van der Waals surface area contributed by atoms with E-state index in [4.69, 9.17) is 9.47 Å². The third-order valence-corrected chi connectivity index (χ3v) is 4.49. The molecule has 6 nitrogen and oxygen atoms in total. The quantitative estimate of drug-likeness (QED) is 0.615. The van der Waals surface area contributed by atoms with Gasteiger partial charge >= 0.3 is 0 Å². The average molecular weight is 399 g/mol. The van der Waals surface area contributed by atoms with Gasteiger partial charge in [-0.2, -0.15) is 0 Å².